The van der Waals surface area contributed by atoms with Crippen molar-refractivity contribution >= 4 is 33.6 Å². The number of sulfonamides is 1. The van der Waals surface area contributed by atoms with Crippen LogP contribution in [0.25, 0.3) is 6.08 Å². The van der Waals surface area contributed by atoms with Gasteiger partial charge in [0.2, 0.25) is 10.0 Å². The number of amides is 1. The number of hydrogen-bond acceptors (Lipinski definition) is 3. The van der Waals surface area contributed by atoms with Gasteiger partial charge in [0.05, 0.1) is 5.75 Å². The Labute approximate surface area is 111 Å². The Morgan fingerprint density at radius 1 is 1.39 bits per heavy atom. The molecule has 1 amide bonds. The molecule has 2 rings (SSSR count). The van der Waals surface area contributed by atoms with E-state index in [-0.39, 0.29) is 12.3 Å². The minimum atomic E-state index is -3.39. The van der Waals surface area contributed by atoms with Crippen molar-refractivity contribution in [3.8, 4) is 0 Å². The predicted octanol–water partition coefficient (Wildman–Crippen LogP) is 1.92. The van der Waals surface area contributed by atoms with Gasteiger partial charge in [-0.1, -0.05) is 23.7 Å². The summed E-state index contributed by atoms with van der Waals surface area (Å²) in [5.74, 6) is -0.462. The lowest BCUT2D eigenvalue weighted by atomic mass is 10.2. The van der Waals surface area contributed by atoms with E-state index in [2.05, 4.69) is 0 Å². The zero-order valence-electron chi connectivity index (χ0n) is 9.54. The van der Waals surface area contributed by atoms with Crippen molar-refractivity contribution in [2.75, 3.05) is 12.3 Å². The molecule has 0 spiro atoms. The van der Waals surface area contributed by atoms with Gasteiger partial charge in [0, 0.05) is 17.6 Å². The third kappa shape index (κ3) is 2.91. The van der Waals surface area contributed by atoms with Crippen LogP contribution in [0.1, 0.15) is 12.0 Å². The van der Waals surface area contributed by atoms with E-state index in [1.165, 1.54) is 6.08 Å². The third-order valence-corrected chi connectivity index (χ3v) is 4.69. The lowest BCUT2D eigenvalue weighted by Crippen LogP contribution is -2.30. The van der Waals surface area contributed by atoms with Gasteiger partial charge in [-0.3, -0.25) is 4.79 Å². The molecule has 0 radical (unpaired) electrons. The van der Waals surface area contributed by atoms with Crippen LogP contribution in [0.15, 0.2) is 30.3 Å². The first-order chi connectivity index (χ1) is 8.49. The predicted molar refractivity (Wildman–Crippen MR) is 70.6 cm³/mol. The summed E-state index contributed by atoms with van der Waals surface area (Å²) in [6.45, 7) is 0.265. The van der Waals surface area contributed by atoms with Gasteiger partial charge in [0.25, 0.3) is 5.91 Å². The Kier molecular flexibility index (Phi) is 3.73. The summed E-state index contributed by atoms with van der Waals surface area (Å²) in [5.41, 5.74) is 0.757. The number of nitrogens with zero attached hydrogens (tertiary/aromatic N) is 1. The molecule has 1 heterocycles. The second kappa shape index (κ2) is 5.12. The van der Waals surface area contributed by atoms with Gasteiger partial charge in [0.15, 0.2) is 0 Å². The molecule has 0 aromatic heterocycles. The summed E-state index contributed by atoms with van der Waals surface area (Å²) in [4.78, 5) is 11.7. The summed E-state index contributed by atoms with van der Waals surface area (Å²) in [6, 6.07) is 6.97. The van der Waals surface area contributed by atoms with E-state index >= 15 is 0 Å². The highest BCUT2D eigenvalue weighted by molar-refractivity contribution is 7.89. The van der Waals surface area contributed by atoms with Crippen LogP contribution < -0.4 is 0 Å². The van der Waals surface area contributed by atoms with Gasteiger partial charge in [0.1, 0.15) is 0 Å². The molecule has 96 valence electrons. The SMILES string of the molecule is O=C(/C=C\c1cccc(Cl)c1)N1CCCS1(=O)=O. The Morgan fingerprint density at radius 3 is 2.78 bits per heavy atom. The van der Waals surface area contributed by atoms with Crippen molar-refractivity contribution in [3.63, 3.8) is 0 Å². The topological polar surface area (TPSA) is 54.5 Å². The fourth-order valence-electron chi connectivity index (χ4n) is 1.75. The van der Waals surface area contributed by atoms with Gasteiger partial charge in [-0.05, 0) is 30.2 Å². The summed E-state index contributed by atoms with van der Waals surface area (Å²) in [7, 11) is -3.39. The Balaban J connectivity index is 2.12. The molecule has 6 heteroatoms. The fraction of sp³-hybridized carbons (Fsp3) is 0.250. The van der Waals surface area contributed by atoms with Crippen molar-refractivity contribution in [2.45, 2.75) is 6.42 Å². The maximum atomic E-state index is 11.7. The van der Waals surface area contributed by atoms with Crippen LogP contribution >= 0.6 is 11.6 Å². The molecule has 0 bridgehead atoms. The summed E-state index contributed by atoms with van der Waals surface area (Å²) in [6.07, 6.45) is 3.32. The molecule has 1 aliphatic rings. The van der Waals surface area contributed by atoms with Crippen LogP contribution in [0.5, 0.6) is 0 Å². The molecule has 1 saturated heterocycles. The van der Waals surface area contributed by atoms with E-state index in [1.807, 2.05) is 0 Å². The monoisotopic (exact) mass is 285 g/mol. The Hall–Kier alpha value is -1.33. The molecule has 18 heavy (non-hydrogen) atoms. The average molecular weight is 286 g/mol. The smallest absolute Gasteiger partial charge is 0.260 e. The number of carbonyl (C=O) groups excluding carboxylic acids is 1. The molecule has 0 N–H and O–H groups in total. The quantitative estimate of drug-likeness (QED) is 0.780. The van der Waals surface area contributed by atoms with Gasteiger partial charge in [-0.15, -0.1) is 0 Å². The Morgan fingerprint density at radius 2 is 2.17 bits per heavy atom. The molecule has 0 aliphatic carbocycles. The highest BCUT2D eigenvalue weighted by Crippen LogP contribution is 2.15. The molecular formula is C12H12ClNO3S. The normalized spacial score (nSPS) is 18.4. The standard InChI is InChI=1S/C12H12ClNO3S/c13-11-4-1-3-10(9-11)5-6-12(15)14-7-2-8-18(14,16)17/h1,3-6,9H,2,7-8H2/b6-5-. The van der Waals surface area contributed by atoms with Gasteiger partial charge in [-0.25, -0.2) is 12.7 Å². The summed E-state index contributed by atoms with van der Waals surface area (Å²) < 4.78 is 23.9. The number of rotatable bonds is 2. The molecule has 1 fully saturated rings. The molecule has 0 unspecified atom stereocenters. The minimum Gasteiger partial charge on any atom is -0.269 e. The zero-order valence-corrected chi connectivity index (χ0v) is 11.1. The molecule has 1 aromatic carbocycles. The molecular weight excluding hydrogens is 274 g/mol. The second-order valence-electron chi connectivity index (χ2n) is 3.97. The van der Waals surface area contributed by atoms with Gasteiger partial charge in [-0.2, -0.15) is 0 Å². The number of carbonyl (C=O) groups is 1. The third-order valence-electron chi connectivity index (χ3n) is 2.61. The van der Waals surface area contributed by atoms with Crippen LogP contribution in [-0.2, 0) is 14.8 Å². The second-order valence-corrected chi connectivity index (χ2v) is 6.42. The maximum Gasteiger partial charge on any atom is 0.260 e. The van der Waals surface area contributed by atoms with Crippen molar-refractivity contribution in [3.05, 3.63) is 40.9 Å². The van der Waals surface area contributed by atoms with Gasteiger partial charge >= 0.3 is 0 Å². The van der Waals surface area contributed by atoms with E-state index in [0.29, 0.717) is 11.4 Å². The lowest BCUT2D eigenvalue weighted by Gasteiger charge is -2.11. The molecule has 1 aromatic rings. The minimum absolute atomic E-state index is 0.0454. The first kappa shape index (κ1) is 13.1. The van der Waals surface area contributed by atoms with Crippen LogP contribution in [0.4, 0.5) is 0 Å². The van der Waals surface area contributed by atoms with Crippen molar-refractivity contribution in [1.29, 1.82) is 0 Å². The summed E-state index contributed by atoms with van der Waals surface area (Å²) in [5, 5.41) is 0.568. The summed E-state index contributed by atoms with van der Waals surface area (Å²) >= 11 is 5.81. The first-order valence-corrected chi connectivity index (χ1v) is 7.46. The Bertz CT molecular complexity index is 595. The van der Waals surface area contributed by atoms with E-state index < -0.39 is 15.9 Å². The molecule has 0 atom stereocenters. The van der Waals surface area contributed by atoms with Crippen molar-refractivity contribution < 1.29 is 13.2 Å². The average Bonchev–Trinajstić information content (AvgIpc) is 2.66. The number of benzene rings is 1. The van der Waals surface area contributed by atoms with E-state index in [0.717, 1.165) is 9.87 Å². The van der Waals surface area contributed by atoms with E-state index in [9.17, 15) is 13.2 Å². The van der Waals surface area contributed by atoms with Crippen LogP contribution in [0, 0.1) is 0 Å². The van der Waals surface area contributed by atoms with Crippen LogP contribution in [-0.4, -0.2) is 30.9 Å². The first-order valence-electron chi connectivity index (χ1n) is 5.47. The maximum absolute atomic E-state index is 11.7. The van der Waals surface area contributed by atoms with Crippen molar-refractivity contribution in [1.82, 2.24) is 4.31 Å². The largest absolute Gasteiger partial charge is 0.269 e. The van der Waals surface area contributed by atoms with E-state index in [1.54, 1.807) is 30.3 Å². The lowest BCUT2D eigenvalue weighted by molar-refractivity contribution is -0.121. The molecule has 1 aliphatic heterocycles. The molecule has 4 nitrogen and oxygen atoms in total. The zero-order chi connectivity index (χ0) is 13.2. The molecule has 0 saturated carbocycles. The number of hydrogen-bond donors (Lipinski definition) is 0. The number of halogens is 1. The van der Waals surface area contributed by atoms with Crippen molar-refractivity contribution in [2.24, 2.45) is 0 Å². The highest BCUT2D eigenvalue weighted by atomic mass is 35.5. The van der Waals surface area contributed by atoms with Crippen LogP contribution in [0.3, 0.4) is 0 Å². The highest BCUT2D eigenvalue weighted by Gasteiger charge is 2.30. The van der Waals surface area contributed by atoms with E-state index in [4.69, 9.17) is 11.6 Å². The van der Waals surface area contributed by atoms with Crippen LogP contribution in [0.2, 0.25) is 5.02 Å². The van der Waals surface area contributed by atoms with Gasteiger partial charge < -0.3 is 0 Å². The fourth-order valence-corrected chi connectivity index (χ4v) is 3.40.